The van der Waals surface area contributed by atoms with Crippen molar-refractivity contribution in [3.8, 4) is 0 Å². The number of thioether (sulfide) groups is 1. The molecule has 0 aromatic heterocycles. The summed E-state index contributed by atoms with van der Waals surface area (Å²) in [4.78, 5) is 17.2. The van der Waals surface area contributed by atoms with Gasteiger partial charge in [-0.2, -0.15) is 0 Å². The van der Waals surface area contributed by atoms with Gasteiger partial charge in [0.15, 0.2) is 5.17 Å². The zero-order chi connectivity index (χ0) is 19.6. The number of aryl methyl sites for hydroxylation is 2. The third-order valence-electron chi connectivity index (χ3n) is 4.90. The highest BCUT2D eigenvalue weighted by Crippen LogP contribution is 2.41. The topological polar surface area (TPSA) is 103 Å². The van der Waals surface area contributed by atoms with Crippen molar-refractivity contribution in [2.75, 3.05) is 25.6 Å². The number of nitrogens with one attached hydrogen (secondary N) is 2. The number of anilines is 1. The van der Waals surface area contributed by atoms with Crippen LogP contribution in [0.5, 0.6) is 0 Å². The maximum absolute atomic E-state index is 12.6. The molecule has 27 heavy (non-hydrogen) atoms. The van der Waals surface area contributed by atoms with Crippen LogP contribution in [0.4, 0.5) is 5.69 Å². The highest BCUT2D eigenvalue weighted by Gasteiger charge is 2.50. The van der Waals surface area contributed by atoms with E-state index in [9.17, 15) is 15.0 Å². The second kappa shape index (κ2) is 8.60. The second-order valence-corrected chi connectivity index (χ2v) is 8.36. The molecule has 1 aliphatic carbocycles. The van der Waals surface area contributed by atoms with E-state index in [1.54, 1.807) is 7.11 Å². The first-order chi connectivity index (χ1) is 12.9. The third-order valence-corrected chi connectivity index (χ3v) is 6.21. The molecular weight excluding hydrogens is 366 g/mol. The minimum absolute atomic E-state index is 0.136. The Balaban J connectivity index is 1.73. The number of carbonyl (C=O) groups excluding carboxylic acids is 1. The molecule has 0 unspecified atom stereocenters. The van der Waals surface area contributed by atoms with E-state index >= 15 is 0 Å². The molecule has 1 amide bonds. The molecule has 1 aromatic rings. The lowest BCUT2D eigenvalue weighted by Crippen LogP contribution is -2.54. The number of nitrogens with zero attached hydrogens (tertiary/aromatic N) is 1. The first-order valence-electron chi connectivity index (χ1n) is 9.11. The van der Waals surface area contributed by atoms with Gasteiger partial charge in [-0.25, -0.2) is 0 Å². The Morgan fingerprint density at radius 1 is 1.30 bits per heavy atom. The predicted molar refractivity (Wildman–Crippen MR) is 107 cm³/mol. The maximum atomic E-state index is 12.6. The number of hydrogen-bond donors (Lipinski definition) is 4. The number of amidine groups is 1. The van der Waals surface area contributed by atoms with Gasteiger partial charge in [-0.1, -0.05) is 17.8 Å². The number of aliphatic imine (C=N–C) groups is 1. The van der Waals surface area contributed by atoms with Gasteiger partial charge in [0.1, 0.15) is 6.10 Å². The SMILES string of the molecule is COCCNC(=O)[C@H]1C[C@@H](O)[C@H](O)[C@@H]2N=C(Nc3cc(C)cc(C)c3)S[C@@H]21. The van der Waals surface area contributed by atoms with Gasteiger partial charge in [-0.3, -0.25) is 9.79 Å². The monoisotopic (exact) mass is 393 g/mol. The Morgan fingerprint density at radius 3 is 2.67 bits per heavy atom. The fraction of sp³-hybridized carbons (Fsp3) is 0.579. The van der Waals surface area contributed by atoms with E-state index in [1.165, 1.54) is 11.8 Å². The van der Waals surface area contributed by atoms with Gasteiger partial charge in [0.2, 0.25) is 5.91 Å². The van der Waals surface area contributed by atoms with Crippen molar-refractivity contribution in [2.24, 2.45) is 10.9 Å². The number of benzene rings is 1. The first-order valence-corrected chi connectivity index (χ1v) is 9.99. The van der Waals surface area contributed by atoms with Gasteiger partial charge in [-0.15, -0.1) is 0 Å². The average molecular weight is 394 g/mol. The number of amides is 1. The number of methoxy groups -OCH3 is 1. The summed E-state index contributed by atoms with van der Waals surface area (Å²) in [6.07, 6.45) is -1.71. The first kappa shape index (κ1) is 20.1. The highest BCUT2D eigenvalue weighted by molar-refractivity contribution is 8.15. The van der Waals surface area contributed by atoms with Crippen LogP contribution in [0.15, 0.2) is 23.2 Å². The Labute approximate surface area is 163 Å². The van der Waals surface area contributed by atoms with E-state index in [1.807, 2.05) is 26.0 Å². The lowest BCUT2D eigenvalue weighted by molar-refractivity contribution is -0.129. The number of rotatable bonds is 5. The van der Waals surface area contributed by atoms with E-state index in [2.05, 4.69) is 21.7 Å². The fourth-order valence-corrected chi connectivity index (χ4v) is 5.06. The molecule has 0 spiro atoms. The van der Waals surface area contributed by atoms with E-state index in [-0.39, 0.29) is 17.6 Å². The largest absolute Gasteiger partial charge is 0.390 e. The number of carbonyl (C=O) groups is 1. The molecule has 7 nitrogen and oxygen atoms in total. The van der Waals surface area contributed by atoms with Crippen molar-refractivity contribution in [1.82, 2.24) is 5.32 Å². The molecule has 4 N–H and O–H groups in total. The number of aliphatic hydroxyl groups excluding tert-OH is 2. The molecule has 148 valence electrons. The number of ether oxygens (including phenoxy) is 1. The van der Waals surface area contributed by atoms with Crippen molar-refractivity contribution >= 4 is 28.5 Å². The molecule has 0 bridgehead atoms. The Kier molecular flexibility index (Phi) is 6.41. The maximum Gasteiger partial charge on any atom is 0.224 e. The van der Waals surface area contributed by atoms with Crippen LogP contribution in [-0.4, -0.2) is 65.0 Å². The molecular formula is C19H27N3O4S. The van der Waals surface area contributed by atoms with Crippen LogP contribution in [0.25, 0.3) is 0 Å². The Bertz CT molecular complexity index is 707. The average Bonchev–Trinajstić information content (AvgIpc) is 3.01. The number of fused-ring (bicyclic) bond motifs is 1. The molecule has 1 saturated carbocycles. The van der Waals surface area contributed by atoms with Gasteiger partial charge in [0.05, 0.1) is 24.7 Å². The molecule has 0 saturated heterocycles. The fourth-order valence-electron chi connectivity index (χ4n) is 3.69. The van der Waals surface area contributed by atoms with Gasteiger partial charge < -0.3 is 25.6 Å². The van der Waals surface area contributed by atoms with Crippen molar-refractivity contribution in [1.29, 1.82) is 0 Å². The molecule has 2 aliphatic rings. The quantitative estimate of drug-likeness (QED) is 0.558. The highest BCUT2D eigenvalue weighted by atomic mass is 32.2. The van der Waals surface area contributed by atoms with Crippen LogP contribution < -0.4 is 10.6 Å². The lowest BCUT2D eigenvalue weighted by Gasteiger charge is -2.37. The van der Waals surface area contributed by atoms with E-state index in [0.717, 1.165) is 16.8 Å². The summed E-state index contributed by atoms with van der Waals surface area (Å²) in [6, 6.07) is 5.64. The van der Waals surface area contributed by atoms with Crippen LogP contribution >= 0.6 is 11.8 Å². The van der Waals surface area contributed by atoms with Gasteiger partial charge >= 0.3 is 0 Å². The van der Waals surface area contributed by atoms with Crippen LogP contribution in [0.3, 0.4) is 0 Å². The lowest BCUT2D eigenvalue weighted by atomic mass is 9.81. The molecule has 8 heteroatoms. The molecule has 1 heterocycles. The van der Waals surface area contributed by atoms with Crippen molar-refractivity contribution in [3.63, 3.8) is 0 Å². The molecule has 0 radical (unpaired) electrons. The zero-order valence-corrected chi connectivity index (χ0v) is 16.6. The normalized spacial score (nSPS) is 29.8. The summed E-state index contributed by atoms with van der Waals surface area (Å²) in [5, 5.41) is 27.2. The van der Waals surface area contributed by atoms with Crippen molar-refractivity contribution in [3.05, 3.63) is 29.3 Å². The van der Waals surface area contributed by atoms with Gasteiger partial charge in [0, 0.05) is 24.6 Å². The smallest absolute Gasteiger partial charge is 0.224 e. The minimum Gasteiger partial charge on any atom is -0.390 e. The third kappa shape index (κ3) is 4.63. The number of aliphatic hydroxyl groups is 2. The minimum atomic E-state index is -0.968. The Hall–Kier alpha value is -1.61. The van der Waals surface area contributed by atoms with Gasteiger partial charge in [0.25, 0.3) is 0 Å². The Morgan fingerprint density at radius 2 is 2.00 bits per heavy atom. The molecule has 1 aliphatic heterocycles. The zero-order valence-electron chi connectivity index (χ0n) is 15.8. The summed E-state index contributed by atoms with van der Waals surface area (Å²) in [5.74, 6) is -0.555. The second-order valence-electron chi connectivity index (χ2n) is 7.19. The molecule has 5 atom stereocenters. The summed E-state index contributed by atoms with van der Waals surface area (Å²) >= 11 is 1.46. The summed E-state index contributed by atoms with van der Waals surface area (Å²) < 4.78 is 4.97. The van der Waals surface area contributed by atoms with Crippen LogP contribution in [-0.2, 0) is 9.53 Å². The van der Waals surface area contributed by atoms with Crippen molar-refractivity contribution in [2.45, 2.75) is 43.8 Å². The van der Waals surface area contributed by atoms with Crippen LogP contribution in [0.1, 0.15) is 17.5 Å². The van der Waals surface area contributed by atoms with E-state index in [0.29, 0.717) is 18.3 Å². The van der Waals surface area contributed by atoms with E-state index in [4.69, 9.17) is 4.74 Å². The van der Waals surface area contributed by atoms with Crippen LogP contribution in [0, 0.1) is 19.8 Å². The van der Waals surface area contributed by atoms with Crippen LogP contribution in [0.2, 0.25) is 0 Å². The van der Waals surface area contributed by atoms with Crippen molar-refractivity contribution < 1.29 is 19.7 Å². The number of hydrogen-bond acceptors (Lipinski definition) is 7. The molecule has 1 aromatic carbocycles. The molecule has 1 fully saturated rings. The standard InChI is InChI=1S/C19H27N3O4S/c1-10-6-11(2)8-12(7-10)21-19-22-15-16(24)14(23)9-13(17(15)27-19)18(25)20-4-5-26-3/h6-8,13-17,23-24H,4-5,9H2,1-3H3,(H,20,25)(H,21,22)/t13-,14+,15-,16-,17+/m0/s1. The summed E-state index contributed by atoms with van der Waals surface area (Å²) in [5.41, 5.74) is 3.21. The molecule has 3 rings (SSSR count). The predicted octanol–water partition coefficient (Wildman–Crippen LogP) is 1.06. The van der Waals surface area contributed by atoms with E-state index < -0.39 is 24.2 Å². The summed E-state index contributed by atoms with van der Waals surface area (Å²) in [6.45, 7) is 4.91. The van der Waals surface area contributed by atoms with Gasteiger partial charge in [-0.05, 0) is 43.5 Å². The summed E-state index contributed by atoms with van der Waals surface area (Å²) in [7, 11) is 1.58.